The van der Waals surface area contributed by atoms with Gasteiger partial charge in [-0.3, -0.25) is 4.79 Å². The molecule has 0 aliphatic carbocycles. The van der Waals surface area contributed by atoms with Gasteiger partial charge in [-0.25, -0.2) is 0 Å². The summed E-state index contributed by atoms with van der Waals surface area (Å²) in [7, 11) is 1.48. The van der Waals surface area contributed by atoms with Crippen LogP contribution < -0.4 is 0 Å². The van der Waals surface area contributed by atoms with Gasteiger partial charge in [0.1, 0.15) is 0 Å². The van der Waals surface area contributed by atoms with Crippen LogP contribution in [0.5, 0.6) is 0 Å². The number of esters is 1. The highest BCUT2D eigenvalue weighted by Crippen LogP contribution is 2.20. The van der Waals surface area contributed by atoms with E-state index in [4.69, 9.17) is 4.74 Å². The minimum absolute atomic E-state index is 0.0485. The molecule has 0 rings (SSSR count). The smallest absolute Gasteiger partial charge is 0.305 e. The van der Waals surface area contributed by atoms with Gasteiger partial charge in [0.25, 0.3) is 0 Å². The van der Waals surface area contributed by atoms with E-state index in [0.29, 0.717) is 12.3 Å². The Morgan fingerprint density at radius 1 is 1.07 bits per heavy atom. The molecular weight excluding hydrogens is 188 g/mol. The predicted octanol–water partition coefficient (Wildman–Crippen LogP) is 3.94. The number of ether oxygens (including phenoxy) is 1. The van der Waals surface area contributed by atoms with Crippen molar-refractivity contribution in [1.82, 2.24) is 0 Å². The number of carbonyl (C=O) groups is 1. The van der Waals surface area contributed by atoms with Crippen LogP contribution in [0.25, 0.3) is 0 Å². The predicted molar refractivity (Wildman–Crippen MR) is 63.8 cm³/mol. The van der Waals surface area contributed by atoms with E-state index in [-0.39, 0.29) is 5.97 Å². The molecule has 0 fully saturated rings. The van der Waals surface area contributed by atoms with Crippen LogP contribution >= 0.6 is 0 Å². The van der Waals surface area contributed by atoms with Crippen LogP contribution in [0.15, 0.2) is 0 Å². The first-order chi connectivity index (χ1) is 7.24. The molecule has 0 aliphatic rings. The van der Waals surface area contributed by atoms with Crippen molar-refractivity contribution in [2.24, 2.45) is 5.92 Å². The highest BCUT2D eigenvalue weighted by molar-refractivity contribution is 5.69. The number of hydrogen-bond donors (Lipinski definition) is 0. The molecule has 0 aromatic heterocycles. The summed E-state index contributed by atoms with van der Waals surface area (Å²) in [4.78, 5) is 11.2. The zero-order valence-electron chi connectivity index (χ0n) is 10.6. The number of rotatable bonds is 9. The minimum Gasteiger partial charge on any atom is -0.469 e. The second-order valence-electron chi connectivity index (χ2n) is 4.28. The summed E-state index contributed by atoms with van der Waals surface area (Å²) in [6.07, 6.45) is 9.20. The van der Waals surface area contributed by atoms with Crippen molar-refractivity contribution in [2.45, 2.75) is 65.2 Å². The molecule has 1 unspecified atom stereocenters. The molecule has 0 saturated carbocycles. The minimum atomic E-state index is -0.0485. The third kappa shape index (κ3) is 8.46. The molecule has 0 bridgehead atoms. The molecule has 0 spiro atoms. The van der Waals surface area contributed by atoms with E-state index in [1.54, 1.807) is 0 Å². The zero-order chi connectivity index (χ0) is 11.5. The Labute approximate surface area is 94.4 Å². The van der Waals surface area contributed by atoms with Crippen LogP contribution in [-0.2, 0) is 9.53 Å². The van der Waals surface area contributed by atoms with Gasteiger partial charge in [-0.05, 0) is 18.8 Å². The fourth-order valence-electron chi connectivity index (χ4n) is 1.84. The van der Waals surface area contributed by atoms with Crippen LogP contribution in [-0.4, -0.2) is 13.1 Å². The molecule has 0 aromatic carbocycles. The van der Waals surface area contributed by atoms with Crippen molar-refractivity contribution < 1.29 is 9.53 Å². The molecule has 0 aromatic rings. The zero-order valence-corrected chi connectivity index (χ0v) is 10.6. The first-order valence-corrected chi connectivity index (χ1v) is 6.31. The highest BCUT2D eigenvalue weighted by Gasteiger charge is 2.13. The van der Waals surface area contributed by atoms with Crippen LogP contribution in [0.2, 0.25) is 0 Å². The molecule has 1 atom stereocenters. The van der Waals surface area contributed by atoms with Crippen LogP contribution in [0, 0.1) is 5.92 Å². The van der Waals surface area contributed by atoms with E-state index >= 15 is 0 Å². The van der Waals surface area contributed by atoms with E-state index in [2.05, 4.69) is 13.8 Å². The molecule has 15 heavy (non-hydrogen) atoms. The average molecular weight is 214 g/mol. The van der Waals surface area contributed by atoms with E-state index in [9.17, 15) is 4.79 Å². The van der Waals surface area contributed by atoms with Gasteiger partial charge >= 0.3 is 5.97 Å². The quantitative estimate of drug-likeness (QED) is 0.429. The van der Waals surface area contributed by atoms with Crippen LogP contribution in [0.3, 0.4) is 0 Å². The second kappa shape index (κ2) is 10.0. The van der Waals surface area contributed by atoms with Gasteiger partial charge < -0.3 is 4.74 Å². The lowest BCUT2D eigenvalue weighted by Crippen LogP contribution is -2.10. The van der Waals surface area contributed by atoms with Crippen molar-refractivity contribution >= 4 is 5.97 Å². The first-order valence-electron chi connectivity index (χ1n) is 6.31. The lowest BCUT2D eigenvalue weighted by atomic mass is 9.92. The van der Waals surface area contributed by atoms with Gasteiger partial charge in [0.2, 0.25) is 0 Å². The van der Waals surface area contributed by atoms with Gasteiger partial charge in [-0.15, -0.1) is 0 Å². The summed E-state index contributed by atoms with van der Waals surface area (Å²) >= 11 is 0. The number of carbonyl (C=O) groups excluding carboxylic acids is 1. The maximum absolute atomic E-state index is 11.2. The summed E-state index contributed by atoms with van der Waals surface area (Å²) in [6.45, 7) is 4.41. The number of unbranched alkanes of at least 4 members (excludes halogenated alkanes) is 3. The van der Waals surface area contributed by atoms with Gasteiger partial charge in [-0.2, -0.15) is 0 Å². The van der Waals surface area contributed by atoms with E-state index in [1.807, 2.05) is 0 Å². The monoisotopic (exact) mass is 214 g/mol. The van der Waals surface area contributed by atoms with E-state index < -0.39 is 0 Å². The Morgan fingerprint density at radius 3 is 2.20 bits per heavy atom. The third-order valence-corrected chi connectivity index (χ3v) is 2.86. The van der Waals surface area contributed by atoms with Crippen molar-refractivity contribution in [2.75, 3.05) is 7.11 Å². The maximum Gasteiger partial charge on any atom is 0.305 e. The fourth-order valence-corrected chi connectivity index (χ4v) is 1.84. The fraction of sp³-hybridized carbons (Fsp3) is 0.923. The summed E-state index contributed by atoms with van der Waals surface area (Å²) in [5.74, 6) is 0.497. The van der Waals surface area contributed by atoms with Gasteiger partial charge in [0.05, 0.1) is 7.11 Å². The Balaban J connectivity index is 3.77. The Kier molecular flexibility index (Phi) is 9.65. The van der Waals surface area contributed by atoms with Crippen LogP contribution in [0.1, 0.15) is 65.2 Å². The SMILES string of the molecule is CCCCCC(CCCC)CC(=O)OC. The summed E-state index contributed by atoms with van der Waals surface area (Å²) in [5.41, 5.74) is 0. The molecule has 90 valence electrons. The average Bonchev–Trinajstić information content (AvgIpc) is 2.25. The second-order valence-corrected chi connectivity index (χ2v) is 4.28. The Bertz CT molecular complexity index is 155. The topological polar surface area (TPSA) is 26.3 Å². The maximum atomic E-state index is 11.2. The molecule has 0 amide bonds. The van der Waals surface area contributed by atoms with E-state index in [0.717, 1.165) is 0 Å². The van der Waals surface area contributed by atoms with E-state index in [1.165, 1.54) is 52.1 Å². The van der Waals surface area contributed by atoms with Crippen molar-refractivity contribution in [1.29, 1.82) is 0 Å². The normalized spacial score (nSPS) is 12.5. The lowest BCUT2D eigenvalue weighted by Gasteiger charge is -2.14. The van der Waals surface area contributed by atoms with Crippen molar-refractivity contribution in [3.8, 4) is 0 Å². The van der Waals surface area contributed by atoms with Crippen molar-refractivity contribution in [3.05, 3.63) is 0 Å². The van der Waals surface area contributed by atoms with Gasteiger partial charge in [-0.1, -0.05) is 46.0 Å². The molecule has 0 aliphatic heterocycles. The van der Waals surface area contributed by atoms with Crippen LogP contribution in [0.4, 0.5) is 0 Å². The molecule has 2 nitrogen and oxygen atoms in total. The largest absolute Gasteiger partial charge is 0.469 e. The first kappa shape index (κ1) is 14.5. The standard InChI is InChI=1S/C13H26O2/c1-4-6-8-10-12(9-7-5-2)11-13(14)15-3/h12H,4-11H2,1-3H3. The summed E-state index contributed by atoms with van der Waals surface area (Å²) < 4.78 is 4.73. The Morgan fingerprint density at radius 2 is 1.67 bits per heavy atom. The molecule has 2 heteroatoms. The third-order valence-electron chi connectivity index (χ3n) is 2.86. The number of hydrogen-bond acceptors (Lipinski definition) is 2. The van der Waals surface area contributed by atoms with Gasteiger partial charge in [0, 0.05) is 6.42 Å². The van der Waals surface area contributed by atoms with Crippen molar-refractivity contribution in [3.63, 3.8) is 0 Å². The highest BCUT2D eigenvalue weighted by atomic mass is 16.5. The molecule has 0 N–H and O–H groups in total. The molecule has 0 heterocycles. The molecule has 0 radical (unpaired) electrons. The van der Waals surface area contributed by atoms with Gasteiger partial charge in [0.15, 0.2) is 0 Å². The lowest BCUT2D eigenvalue weighted by molar-refractivity contribution is -0.141. The number of methoxy groups -OCH3 is 1. The Hall–Kier alpha value is -0.530. The summed E-state index contributed by atoms with van der Waals surface area (Å²) in [6, 6.07) is 0. The summed E-state index contributed by atoms with van der Waals surface area (Å²) in [5, 5.41) is 0. The molecular formula is C13H26O2. The molecule has 0 saturated heterocycles.